The van der Waals surface area contributed by atoms with Crippen LogP contribution in [0.1, 0.15) is 31.4 Å². The minimum absolute atomic E-state index is 0.627. The maximum absolute atomic E-state index is 3.57. The van der Waals surface area contributed by atoms with Crippen molar-refractivity contribution < 1.29 is 0 Å². The highest BCUT2D eigenvalue weighted by Gasteiger charge is 2.24. The van der Waals surface area contributed by atoms with Crippen molar-refractivity contribution in [3.05, 3.63) is 21.9 Å². The number of rotatable bonds is 3. The molecule has 0 bridgehead atoms. The van der Waals surface area contributed by atoms with Crippen LogP contribution < -0.4 is 5.32 Å². The fourth-order valence-electron chi connectivity index (χ4n) is 2.40. The van der Waals surface area contributed by atoms with E-state index < -0.39 is 0 Å². The van der Waals surface area contributed by atoms with Crippen molar-refractivity contribution in [2.24, 2.45) is 0 Å². The van der Waals surface area contributed by atoms with Crippen molar-refractivity contribution in [2.45, 2.75) is 45.8 Å². The van der Waals surface area contributed by atoms with Gasteiger partial charge in [0.15, 0.2) is 0 Å². The first-order chi connectivity index (χ1) is 7.70. The van der Waals surface area contributed by atoms with E-state index in [0.29, 0.717) is 12.1 Å². The topological polar surface area (TPSA) is 15.3 Å². The van der Waals surface area contributed by atoms with Gasteiger partial charge in [-0.1, -0.05) is 6.92 Å². The van der Waals surface area contributed by atoms with E-state index in [9.17, 15) is 0 Å². The van der Waals surface area contributed by atoms with Crippen molar-refractivity contribution in [2.75, 3.05) is 13.1 Å². The van der Waals surface area contributed by atoms with Gasteiger partial charge in [0.25, 0.3) is 0 Å². The quantitative estimate of drug-likeness (QED) is 0.871. The molecule has 3 heteroatoms. The maximum Gasteiger partial charge on any atom is 0.0248 e. The summed E-state index contributed by atoms with van der Waals surface area (Å²) in [4.78, 5) is 2.64. The molecule has 0 aliphatic carbocycles. The molecule has 1 N–H and O–H groups in total. The molecule has 1 aromatic rings. The van der Waals surface area contributed by atoms with E-state index in [1.165, 1.54) is 24.1 Å². The van der Waals surface area contributed by atoms with Gasteiger partial charge < -0.3 is 5.32 Å². The lowest BCUT2D eigenvalue weighted by atomic mass is 10.1. The van der Waals surface area contributed by atoms with Crippen LogP contribution in [0.15, 0.2) is 10.8 Å². The summed E-state index contributed by atoms with van der Waals surface area (Å²) in [6.45, 7) is 10.2. The summed E-state index contributed by atoms with van der Waals surface area (Å²) in [5, 5.41) is 8.12. The fraction of sp³-hybridized carbons (Fsp3) is 0.692. The molecular formula is C13H22N2S. The Bertz CT molecular complexity index is 334. The summed E-state index contributed by atoms with van der Waals surface area (Å²) in [5.41, 5.74) is 2.96. The minimum Gasteiger partial charge on any atom is -0.311 e. The zero-order valence-corrected chi connectivity index (χ0v) is 11.3. The maximum atomic E-state index is 3.57. The smallest absolute Gasteiger partial charge is 0.0248 e. The summed E-state index contributed by atoms with van der Waals surface area (Å²) in [6.07, 6.45) is 1.24. The molecule has 0 saturated carbocycles. The van der Waals surface area contributed by atoms with Crippen molar-refractivity contribution in [3.8, 4) is 0 Å². The van der Waals surface area contributed by atoms with E-state index in [0.717, 1.165) is 13.1 Å². The van der Waals surface area contributed by atoms with Gasteiger partial charge in [-0.15, -0.1) is 0 Å². The Morgan fingerprint density at radius 1 is 1.50 bits per heavy atom. The molecule has 0 amide bonds. The Morgan fingerprint density at radius 3 is 2.94 bits per heavy atom. The Morgan fingerprint density at radius 2 is 2.31 bits per heavy atom. The van der Waals surface area contributed by atoms with Gasteiger partial charge in [-0.2, -0.15) is 11.3 Å². The van der Waals surface area contributed by atoms with Crippen LogP contribution >= 0.6 is 11.3 Å². The second-order valence-corrected chi connectivity index (χ2v) is 5.62. The van der Waals surface area contributed by atoms with Crippen LogP contribution in [-0.4, -0.2) is 30.1 Å². The van der Waals surface area contributed by atoms with E-state index in [1.807, 2.05) is 11.3 Å². The average Bonchev–Trinajstić information content (AvgIpc) is 2.65. The Balaban J connectivity index is 2.03. The Hall–Kier alpha value is -0.380. The van der Waals surface area contributed by atoms with Crippen LogP contribution in [0.2, 0.25) is 0 Å². The summed E-state index contributed by atoms with van der Waals surface area (Å²) >= 11 is 1.82. The minimum atomic E-state index is 0.627. The highest BCUT2D eigenvalue weighted by Crippen LogP contribution is 2.19. The van der Waals surface area contributed by atoms with Crippen molar-refractivity contribution >= 4 is 11.3 Å². The largest absolute Gasteiger partial charge is 0.311 e. The standard InChI is InChI=1S/C13H22N2S/c1-4-13-5-14-11(3)6-15(13)7-12-9-16-8-10(12)2/h8-9,11,13-14H,4-7H2,1-3H3. The molecule has 1 saturated heterocycles. The highest BCUT2D eigenvalue weighted by molar-refractivity contribution is 7.08. The van der Waals surface area contributed by atoms with Crippen molar-refractivity contribution in [1.29, 1.82) is 0 Å². The molecule has 0 aromatic carbocycles. The van der Waals surface area contributed by atoms with Gasteiger partial charge in [-0.3, -0.25) is 4.90 Å². The van der Waals surface area contributed by atoms with Gasteiger partial charge in [0.1, 0.15) is 0 Å². The summed E-state index contributed by atoms with van der Waals surface area (Å²) in [5.74, 6) is 0. The van der Waals surface area contributed by atoms with Gasteiger partial charge in [-0.05, 0) is 42.2 Å². The molecule has 1 aromatic heterocycles. The molecule has 2 rings (SSSR count). The number of aryl methyl sites for hydroxylation is 1. The molecule has 16 heavy (non-hydrogen) atoms. The van der Waals surface area contributed by atoms with Crippen LogP contribution in [0.3, 0.4) is 0 Å². The molecule has 2 heterocycles. The van der Waals surface area contributed by atoms with E-state index in [4.69, 9.17) is 0 Å². The van der Waals surface area contributed by atoms with E-state index in [-0.39, 0.29) is 0 Å². The van der Waals surface area contributed by atoms with Crippen molar-refractivity contribution in [3.63, 3.8) is 0 Å². The first kappa shape index (κ1) is 12.1. The third kappa shape index (κ3) is 2.65. The SMILES string of the molecule is CCC1CNC(C)CN1Cc1cscc1C. The fourth-order valence-corrected chi connectivity index (χ4v) is 3.24. The Kier molecular flexibility index (Phi) is 4.00. The predicted molar refractivity (Wildman–Crippen MR) is 71.0 cm³/mol. The van der Waals surface area contributed by atoms with Gasteiger partial charge in [0.05, 0.1) is 0 Å². The van der Waals surface area contributed by atoms with E-state index in [1.54, 1.807) is 0 Å². The van der Waals surface area contributed by atoms with Crippen LogP contribution in [0.5, 0.6) is 0 Å². The van der Waals surface area contributed by atoms with Gasteiger partial charge >= 0.3 is 0 Å². The lowest BCUT2D eigenvalue weighted by molar-refractivity contribution is 0.124. The first-order valence-electron chi connectivity index (χ1n) is 6.19. The average molecular weight is 238 g/mol. The van der Waals surface area contributed by atoms with E-state index >= 15 is 0 Å². The molecule has 2 unspecified atom stereocenters. The number of piperazine rings is 1. The zero-order chi connectivity index (χ0) is 11.5. The number of hydrogen-bond donors (Lipinski definition) is 1. The third-order valence-corrected chi connectivity index (χ3v) is 4.44. The van der Waals surface area contributed by atoms with Gasteiger partial charge in [0, 0.05) is 31.7 Å². The first-order valence-corrected chi connectivity index (χ1v) is 7.14. The van der Waals surface area contributed by atoms with Crippen LogP contribution in [0, 0.1) is 6.92 Å². The lowest BCUT2D eigenvalue weighted by Gasteiger charge is -2.39. The van der Waals surface area contributed by atoms with Crippen LogP contribution in [0.25, 0.3) is 0 Å². The molecule has 0 radical (unpaired) electrons. The summed E-state index contributed by atoms with van der Waals surface area (Å²) < 4.78 is 0. The summed E-state index contributed by atoms with van der Waals surface area (Å²) in [7, 11) is 0. The Labute approximate surface area is 103 Å². The number of nitrogens with one attached hydrogen (secondary N) is 1. The number of hydrogen-bond acceptors (Lipinski definition) is 3. The molecule has 0 spiro atoms. The summed E-state index contributed by atoms with van der Waals surface area (Å²) in [6, 6.07) is 1.33. The zero-order valence-electron chi connectivity index (χ0n) is 10.5. The molecule has 90 valence electrons. The molecule has 2 atom stereocenters. The van der Waals surface area contributed by atoms with Crippen LogP contribution in [-0.2, 0) is 6.54 Å². The third-order valence-electron chi connectivity index (χ3n) is 3.53. The van der Waals surface area contributed by atoms with E-state index in [2.05, 4.69) is 41.7 Å². The number of thiophene rings is 1. The molecule has 1 aliphatic heterocycles. The second-order valence-electron chi connectivity index (χ2n) is 4.88. The van der Waals surface area contributed by atoms with Crippen LogP contribution in [0.4, 0.5) is 0 Å². The molecular weight excluding hydrogens is 216 g/mol. The molecule has 2 nitrogen and oxygen atoms in total. The highest BCUT2D eigenvalue weighted by atomic mass is 32.1. The lowest BCUT2D eigenvalue weighted by Crippen LogP contribution is -2.54. The molecule has 1 aliphatic rings. The van der Waals surface area contributed by atoms with Crippen molar-refractivity contribution in [1.82, 2.24) is 10.2 Å². The molecule has 1 fully saturated rings. The second kappa shape index (κ2) is 5.30. The van der Waals surface area contributed by atoms with Gasteiger partial charge in [-0.25, -0.2) is 0 Å². The number of nitrogens with zero attached hydrogens (tertiary/aromatic N) is 1. The van der Waals surface area contributed by atoms with Gasteiger partial charge in [0.2, 0.25) is 0 Å². The monoisotopic (exact) mass is 238 g/mol. The normalized spacial score (nSPS) is 27.2. The predicted octanol–water partition coefficient (Wildman–Crippen LogP) is 2.63.